The average molecular weight is 249 g/mol. The Bertz CT molecular complexity index is 133. The van der Waals surface area contributed by atoms with Gasteiger partial charge in [-0.3, -0.25) is 16.0 Å². The van der Waals surface area contributed by atoms with Gasteiger partial charge in [0.1, 0.15) is 5.79 Å². The van der Waals surface area contributed by atoms with Crippen LogP contribution in [0.3, 0.4) is 0 Å². The maximum absolute atomic E-state index is 8.89. The Balaban J connectivity index is 4.39. The molecule has 0 fully saturated rings. The zero-order valence-electron chi connectivity index (χ0n) is 10.7. The van der Waals surface area contributed by atoms with Crippen LogP contribution in [0.1, 0.15) is 26.2 Å². The van der Waals surface area contributed by atoms with Gasteiger partial charge in [0.05, 0.1) is 19.8 Å². The molecule has 0 unspecified atom stereocenters. The third-order valence-electron chi connectivity index (χ3n) is 2.52. The Morgan fingerprint density at radius 3 is 1.53 bits per heavy atom. The van der Waals surface area contributed by atoms with Gasteiger partial charge >= 0.3 is 0 Å². The Kier molecular flexibility index (Phi) is 10.7. The number of hydrogen-bond acceptors (Lipinski definition) is 6. The minimum atomic E-state index is -0.524. The van der Waals surface area contributed by atoms with Crippen LogP contribution in [-0.4, -0.2) is 60.6 Å². The summed E-state index contributed by atoms with van der Waals surface area (Å²) in [6.07, 6.45) is 2.89. The monoisotopic (exact) mass is 249 g/mol. The van der Waals surface area contributed by atoms with Crippen molar-refractivity contribution in [1.29, 1.82) is 0 Å². The standard InChI is InChI=1S/C11H27N3O3/c1-2-3-4-11(12-5-8-15,13-6-9-16)14-7-10-17/h12-17H,2-10H2,1H3. The van der Waals surface area contributed by atoms with Crippen molar-refractivity contribution in [2.75, 3.05) is 39.5 Å². The quantitative estimate of drug-likeness (QED) is 0.238. The fourth-order valence-electron chi connectivity index (χ4n) is 1.70. The zero-order chi connectivity index (χ0) is 13.0. The highest BCUT2D eigenvalue weighted by Crippen LogP contribution is 2.08. The minimum Gasteiger partial charge on any atom is -0.395 e. The van der Waals surface area contributed by atoms with E-state index < -0.39 is 5.79 Å². The van der Waals surface area contributed by atoms with Gasteiger partial charge in [-0.2, -0.15) is 0 Å². The highest BCUT2D eigenvalue weighted by molar-refractivity contribution is 4.82. The first kappa shape index (κ1) is 16.8. The lowest BCUT2D eigenvalue weighted by molar-refractivity contribution is 0.138. The Hall–Kier alpha value is -0.240. The Labute approximate surface area is 103 Å². The minimum absolute atomic E-state index is 0.0511. The second kappa shape index (κ2) is 10.9. The van der Waals surface area contributed by atoms with E-state index in [4.69, 9.17) is 15.3 Å². The largest absolute Gasteiger partial charge is 0.395 e. The van der Waals surface area contributed by atoms with Crippen LogP contribution in [0.4, 0.5) is 0 Å². The van der Waals surface area contributed by atoms with E-state index in [1.807, 2.05) is 0 Å². The smallest absolute Gasteiger partial charge is 0.123 e. The molecule has 0 aromatic carbocycles. The van der Waals surface area contributed by atoms with Gasteiger partial charge in [-0.15, -0.1) is 0 Å². The molecule has 0 amide bonds. The third kappa shape index (κ3) is 7.64. The molecule has 0 bridgehead atoms. The number of unbranched alkanes of at least 4 members (excludes halogenated alkanes) is 1. The number of nitrogens with one attached hydrogen (secondary N) is 3. The van der Waals surface area contributed by atoms with Gasteiger partial charge in [0.15, 0.2) is 0 Å². The zero-order valence-corrected chi connectivity index (χ0v) is 10.7. The molecule has 6 heteroatoms. The van der Waals surface area contributed by atoms with Crippen LogP contribution in [0.2, 0.25) is 0 Å². The summed E-state index contributed by atoms with van der Waals surface area (Å²) in [5.41, 5.74) is 0. The van der Waals surface area contributed by atoms with E-state index in [2.05, 4.69) is 22.9 Å². The van der Waals surface area contributed by atoms with Gasteiger partial charge < -0.3 is 15.3 Å². The second-order valence-electron chi connectivity index (χ2n) is 3.96. The first-order valence-corrected chi connectivity index (χ1v) is 6.32. The maximum atomic E-state index is 8.89. The molecule has 0 atom stereocenters. The van der Waals surface area contributed by atoms with Gasteiger partial charge in [-0.05, 0) is 12.8 Å². The second-order valence-corrected chi connectivity index (χ2v) is 3.96. The van der Waals surface area contributed by atoms with Crippen molar-refractivity contribution in [2.24, 2.45) is 0 Å². The highest BCUT2D eigenvalue weighted by Gasteiger charge is 2.26. The SMILES string of the molecule is CCCCC(NCCO)(NCCO)NCCO. The summed E-state index contributed by atoms with van der Waals surface area (Å²) in [6.45, 7) is 3.64. The molecule has 0 aliphatic carbocycles. The van der Waals surface area contributed by atoms with Crippen molar-refractivity contribution in [2.45, 2.75) is 32.0 Å². The fraction of sp³-hybridized carbons (Fsp3) is 1.00. The molecule has 6 N–H and O–H groups in total. The fourth-order valence-corrected chi connectivity index (χ4v) is 1.70. The summed E-state index contributed by atoms with van der Waals surface area (Å²) in [4.78, 5) is 0. The van der Waals surface area contributed by atoms with Crippen molar-refractivity contribution < 1.29 is 15.3 Å². The van der Waals surface area contributed by atoms with Gasteiger partial charge in [0.2, 0.25) is 0 Å². The Morgan fingerprint density at radius 1 is 0.824 bits per heavy atom. The van der Waals surface area contributed by atoms with Crippen molar-refractivity contribution in [3.05, 3.63) is 0 Å². The van der Waals surface area contributed by atoms with E-state index in [1.54, 1.807) is 0 Å². The molecule has 0 radical (unpaired) electrons. The van der Waals surface area contributed by atoms with E-state index in [-0.39, 0.29) is 19.8 Å². The number of aliphatic hydroxyl groups excluding tert-OH is 3. The van der Waals surface area contributed by atoms with Crippen LogP contribution in [0.15, 0.2) is 0 Å². The lowest BCUT2D eigenvalue weighted by Gasteiger charge is -2.37. The summed E-state index contributed by atoms with van der Waals surface area (Å²) >= 11 is 0. The highest BCUT2D eigenvalue weighted by atomic mass is 16.3. The van der Waals surface area contributed by atoms with Gasteiger partial charge in [0, 0.05) is 19.6 Å². The molecule has 0 saturated carbocycles. The van der Waals surface area contributed by atoms with E-state index in [0.29, 0.717) is 19.6 Å². The predicted octanol–water partition coefficient (Wildman–Crippen LogP) is -1.42. The molecule has 0 aliphatic heterocycles. The molecule has 0 aliphatic rings. The summed E-state index contributed by atoms with van der Waals surface area (Å²) in [5.74, 6) is -0.524. The molecule has 0 aromatic rings. The van der Waals surface area contributed by atoms with Crippen LogP contribution < -0.4 is 16.0 Å². The van der Waals surface area contributed by atoms with Crippen molar-refractivity contribution in [3.8, 4) is 0 Å². The average Bonchev–Trinajstić information content (AvgIpc) is 2.37. The molecule has 17 heavy (non-hydrogen) atoms. The molecule has 0 spiro atoms. The van der Waals surface area contributed by atoms with Crippen molar-refractivity contribution in [3.63, 3.8) is 0 Å². The molecule has 0 heterocycles. The van der Waals surface area contributed by atoms with Crippen LogP contribution in [0.25, 0.3) is 0 Å². The summed E-state index contributed by atoms with van der Waals surface area (Å²) in [6, 6.07) is 0. The van der Waals surface area contributed by atoms with Gasteiger partial charge in [-0.1, -0.05) is 13.3 Å². The number of hydrogen-bond donors (Lipinski definition) is 6. The van der Waals surface area contributed by atoms with E-state index in [1.165, 1.54) is 0 Å². The van der Waals surface area contributed by atoms with Crippen LogP contribution in [0.5, 0.6) is 0 Å². The van der Waals surface area contributed by atoms with Crippen LogP contribution in [-0.2, 0) is 0 Å². The lowest BCUT2D eigenvalue weighted by atomic mass is 10.1. The third-order valence-corrected chi connectivity index (χ3v) is 2.52. The maximum Gasteiger partial charge on any atom is 0.123 e. The molecule has 0 aromatic heterocycles. The normalized spacial score (nSPS) is 12.0. The van der Waals surface area contributed by atoms with E-state index in [0.717, 1.165) is 19.3 Å². The molecular formula is C11H27N3O3. The number of aliphatic hydroxyl groups is 3. The molecule has 104 valence electrons. The molecular weight excluding hydrogens is 222 g/mol. The van der Waals surface area contributed by atoms with Crippen molar-refractivity contribution in [1.82, 2.24) is 16.0 Å². The molecule has 0 saturated heterocycles. The number of rotatable bonds is 12. The topological polar surface area (TPSA) is 96.8 Å². The lowest BCUT2D eigenvalue weighted by Crippen LogP contribution is -2.67. The summed E-state index contributed by atoms with van der Waals surface area (Å²) < 4.78 is 0. The molecule has 0 rings (SSSR count). The van der Waals surface area contributed by atoms with Crippen molar-refractivity contribution >= 4 is 0 Å². The molecule has 6 nitrogen and oxygen atoms in total. The van der Waals surface area contributed by atoms with E-state index in [9.17, 15) is 0 Å². The Morgan fingerprint density at radius 2 is 1.24 bits per heavy atom. The van der Waals surface area contributed by atoms with Gasteiger partial charge in [0.25, 0.3) is 0 Å². The summed E-state index contributed by atoms with van der Waals surface area (Å²) in [5, 5.41) is 36.2. The first-order chi connectivity index (χ1) is 8.24. The van der Waals surface area contributed by atoms with Crippen LogP contribution >= 0.6 is 0 Å². The van der Waals surface area contributed by atoms with Crippen LogP contribution in [0, 0.1) is 0 Å². The van der Waals surface area contributed by atoms with Gasteiger partial charge in [-0.25, -0.2) is 0 Å². The predicted molar refractivity (Wildman–Crippen MR) is 67.5 cm³/mol. The van der Waals surface area contributed by atoms with E-state index >= 15 is 0 Å². The summed E-state index contributed by atoms with van der Waals surface area (Å²) in [7, 11) is 0. The first-order valence-electron chi connectivity index (χ1n) is 6.32.